The van der Waals surface area contributed by atoms with Crippen molar-refractivity contribution in [3.63, 3.8) is 0 Å². The number of hydrogen-bond acceptors (Lipinski definition) is 6. The minimum atomic E-state index is -1.21. The lowest BCUT2D eigenvalue weighted by atomic mass is 10.0. The number of amides is 1. The van der Waals surface area contributed by atoms with Gasteiger partial charge in [0, 0.05) is 24.5 Å². The molecule has 1 heterocycles. The highest BCUT2D eigenvalue weighted by atomic mass is 16.5. The molecule has 0 saturated carbocycles. The molecule has 158 valence electrons. The molecule has 3 N–H and O–H groups in total. The van der Waals surface area contributed by atoms with E-state index in [0.29, 0.717) is 17.9 Å². The van der Waals surface area contributed by atoms with Gasteiger partial charge in [0.15, 0.2) is 0 Å². The number of aliphatic hydroxyl groups excluding tert-OH is 2. The van der Waals surface area contributed by atoms with Gasteiger partial charge in [-0.15, -0.1) is 0 Å². The van der Waals surface area contributed by atoms with Crippen molar-refractivity contribution in [2.24, 2.45) is 0 Å². The summed E-state index contributed by atoms with van der Waals surface area (Å²) in [5.74, 6) is 0.651. The van der Waals surface area contributed by atoms with Gasteiger partial charge in [-0.25, -0.2) is 4.79 Å². The summed E-state index contributed by atoms with van der Waals surface area (Å²) in [5.41, 5.74) is 2.17. The van der Waals surface area contributed by atoms with Gasteiger partial charge in [0.2, 0.25) is 0 Å². The lowest BCUT2D eigenvalue weighted by Crippen LogP contribution is -2.35. The lowest BCUT2D eigenvalue weighted by Gasteiger charge is -2.20. The average molecular weight is 411 g/mol. The number of rotatable bonds is 9. The average Bonchev–Trinajstić information content (AvgIpc) is 3.29. The first-order valence-corrected chi connectivity index (χ1v) is 9.51. The zero-order chi connectivity index (χ0) is 21.3. The number of benzene rings is 2. The van der Waals surface area contributed by atoms with Crippen LogP contribution >= 0.6 is 0 Å². The van der Waals surface area contributed by atoms with Gasteiger partial charge >= 0.3 is 6.09 Å². The topological polar surface area (TPSA) is 106 Å². The Hall–Kier alpha value is -3.36. The zero-order valence-corrected chi connectivity index (χ0v) is 16.6. The fourth-order valence-electron chi connectivity index (χ4n) is 2.97. The Morgan fingerprint density at radius 2 is 1.97 bits per heavy atom. The normalized spacial score (nSPS) is 12.8. The molecule has 0 saturated heterocycles. The summed E-state index contributed by atoms with van der Waals surface area (Å²) in [6, 6.07) is 16.2. The van der Waals surface area contributed by atoms with Gasteiger partial charge in [-0.1, -0.05) is 36.4 Å². The molecule has 0 spiro atoms. The molecule has 1 aromatic heterocycles. The summed E-state index contributed by atoms with van der Waals surface area (Å²) < 4.78 is 12.2. The third-order valence-corrected chi connectivity index (χ3v) is 4.57. The van der Waals surface area contributed by atoms with Crippen LogP contribution in [0.4, 0.5) is 4.79 Å². The van der Waals surface area contributed by atoms with E-state index in [2.05, 4.69) is 10.4 Å². The van der Waals surface area contributed by atoms with Crippen molar-refractivity contribution >= 4 is 6.09 Å². The fraction of sp³-hybridized carbons (Fsp3) is 0.273. The van der Waals surface area contributed by atoms with Gasteiger partial charge in [-0.2, -0.15) is 5.10 Å². The van der Waals surface area contributed by atoms with E-state index in [1.165, 1.54) is 0 Å². The molecule has 2 unspecified atom stereocenters. The zero-order valence-electron chi connectivity index (χ0n) is 16.6. The highest BCUT2D eigenvalue weighted by Gasteiger charge is 2.21. The molecule has 3 aromatic rings. The number of nitrogens with one attached hydrogen (secondary N) is 1. The summed E-state index contributed by atoms with van der Waals surface area (Å²) in [4.78, 5) is 11.8. The molecule has 8 heteroatoms. The maximum atomic E-state index is 11.8. The molecule has 0 bridgehead atoms. The van der Waals surface area contributed by atoms with E-state index < -0.39 is 18.3 Å². The first kappa shape index (κ1) is 21.4. The van der Waals surface area contributed by atoms with Crippen molar-refractivity contribution in [3.8, 4) is 5.75 Å². The molecule has 2 atom stereocenters. The number of aromatic nitrogens is 2. The van der Waals surface area contributed by atoms with Crippen LogP contribution in [-0.4, -0.2) is 45.8 Å². The number of methoxy groups -OCH3 is 1. The summed E-state index contributed by atoms with van der Waals surface area (Å²) >= 11 is 0. The SMILES string of the molecule is COc1ccc(C(O)C(O)CNC(=O)OCc2ccccc2)cc1Cn1cccn1. The minimum Gasteiger partial charge on any atom is -0.496 e. The predicted octanol–water partition coefficient (Wildman–Crippen LogP) is 2.26. The summed E-state index contributed by atoms with van der Waals surface area (Å²) in [6.45, 7) is 0.423. The highest BCUT2D eigenvalue weighted by Crippen LogP contribution is 2.25. The van der Waals surface area contributed by atoms with Crippen LogP contribution in [0.2, 0.25) is 0 Å². The maximum Gasteiger partial charge on any atom is 0.407 e. The van der Waals surface area contributed by atoms with Crippen LogP contribution in [0, 0.1) is 0 Å². The molecule has 2 aromatic carbocycles. The van der Waals surface area contributed by atoms with Crippen LogP contribution in [0.25, 0.3) is 0 Å². The maximum absolute atomic E-state index is 11.8. The summed E-state index contributed by atoms with van der Waals surface area (Å²) in [6.07, 6.45) is 0.431. The van der Waals surface area contributed by atoms with E-state index in [1.54, 1.807) is 36.2 Å². The molecule has 0 aliphatic rings. The van der Waals surface area contributed by atoms with E-state index in [-0.39, 0.29) is 13.2 Å². The van der Waals surface area contributed by atoms with Crippen LogP contribution < -0.4 is 10.1 Å². The molecule has 0 aliphatic carbocycles. The van der Waals surface area contributed by atoms with Crippen LogP contribution in [0.15, 0.2) is 67.0 Å². The summed E-state index contributed by atoms with van der Waals surface area (Å²) in [5, 5.41) is 27.5. The van der Waals surface area contributed by atoms with Gasteiger partial charge < -0.3 is 25.0 Å². The molecule has 3 rings (SSSR count). The van der Waals surface area contributed by atoms with E-state index >= 15 is 0 Å². The van der Waals surface area contributed by atoms with Crippen molar-refractivity contribution in [2.75, 3.05) is 13.7 Å². The minimum absolute atomic E-state index is 0.126. The molecular formula is C22H25N3O5. The molecule has 1 amide bonds. The van der Waals surface area contributed by atoms with Crippen LogP contribution in [0.5, 0.6) is 5.75 Å². The molecule has 0 radical (unpaired) electrons. The molecule has 0 fully saturated rings. The Morgan fingerprint density at radius 3 is 2.67 bits per heavy atom. The van der Waals surface area contributed by atoms with E-state index in [0.717, 1.165) is 11.1 Å². The first-order chi connectivity index (χ1) is 14.6. The van der Waals surface area contributed by atoms with Crippen LogP contribution in [-0.2, 0) is 17.9 Å². The van der Waals surface area contributed by atoms with Crippen molar-refractivity contribution in [1.82, 2.24) is 15.1 Å². The number of nitrogens with zero attached hydrogens (tertiary/aromatic N) is 2. The fourth-order valence-corrected chi connectivity index (χ4v) is 2.97. The Balaban J connectivity index is 1.55. The van der Waals surface area contributed by atoms with Gasteiger partial charge in [0.25, 0.3) is 0 Å². The van der Waals surface area contributed by atoms with Crippen molar-refractivity contribution in [2.45, 2.75) is 25.4 Å². The standard InChI is InChI=1S/C22H25N3O5/c1-29-20-9-8-17(12-18(20)14-25-11-5-10-24-25)21(27)19(26)13-23-22(28)30-15-16-6-3-2-4-7-16/h2-12,19,21,26-27H,13-15H2,1H3,(H,23,28). The van der Waals surface area contributed by atoms with Crippen LogP contribution in [0.3, 0.4) is 0 Å². The van der Waals surface area contributed by atoms with Crippen LogP contribution in [0.1, 0.15) is 22.8 Å². The predicted molar refractivity (Wildman–Crippen MR) is 110 cm³/mol. The third kappa shape index (κ3) is 5.82. The third-order valence-electron chi connectivity index (χ3n) is 4.57. The quantitative estimate of drug-likeness (QED) is 0.499. The van der Waals surface area contributed by atoms with Gasteiger partial charge in [-0.3, -0.25) is 4.68 Å². The molecule has 8 nitrogen and oxygen atoms in total. The Bertz CT molecular complexity index is 931. The van der Waals surface area contributed by atoms with Crippen molar-refractivity contribution < 1.29 is 24.5 Å². The summed E-state index contributed by atoms with van der Waals surface area (Å²) in [7, 11) is 1.57. The number of carbonyl (C=O) groups excluding carboxylic acids is 1. The molecular weight excluding hydrogens is 386 g/mol. The monoisotopic (exact) mass is 411 g/mol. The smallest absolute Gasteiger partial charge is 0.407 e. The van der Waals surface area contributed by atoms with Gasteiger partial charge in [0.05, 0.1) is 13.7 Å². The number of hydrogen-bond donors (Lipinski definition) is 3. The second-order valence-corrected chi connectivity index (χ2v) is 6.73. The Labute approximate surface area is 174 Å². The second kappa shape index (κ2) is 10.4. The Morgan fingerprint density at radius 1 is 1.17 bits per heavy atom. The largest absolute Gasteiger partial charge is 0.496 e. The van der Waals surface area contributed by atoms with E-state index in [4.69, 9.17) is 9.47 Å². The first-order valence-electron chi connectivity index (χ1n) is 9.51. The lowest BCUT2D eigenvalue weighted by molar-refractivity contribution is 0.0183. The number of alkyl carbamates (subject to hydrolysis) is 1. The van der Waals surface area contributed by atoms with Crippen molar-refractivity contribution in [3.05, 3.63) is 83.7 Å². The molecule has 0 aliphatic heterocycles. The Kier molecular flexibility index (Phi) is 7.42. The van der Waals surface area contributed by atoms with E-state index in [1.807, 2.05) is 42.6 Å². The molecule has 30 heavy (non-hydrogen) atoms. The highest BCUT2D eigenvalue weighted by molar-refractivity contribution is 5.67. The number of ether oxygens (including phenoxy) is 2. The van der Waals surface area contributed by atoms with Crippen molar-refractivity contribution in [1.29, 1.82) is 0 Å². The number of aliphatic hydroxyl groups is 2. The second-order valence-electron chi connectivity index (χ2n) is 6.73. The van der Waals surface area contributed by atoms with E-state index in [9.17, 15) is 15.0 Å². The number of carbonyl (C=O) groups is 1. The van der Waals surface area contributed by atoms with Gasteiger partial charge in [-0.05, 0) is 29.3 Å². The van der Waals surface area contributed by atoms with Gasteiger partial charge in [0.1, 0.15) is 24.6 Å².